The summed E-state index contributed by atoms with van der Waals surface area (Å²) < 4.78 is 14.0. The lowest BCUT2D eigenvalue weighted by Gasteiger charge is -2.12. The molecule has 2 amide bonds. The maximum atomic E-state index is 14.0. The van der Waals surface area contributed by atoms with Gasteiger partial charge in [0, 0.05) is 41.6 Å². The minimum Gasteiger partial charge on any atom is -0.365 e. The van der Waals surface area contributed by atoms with E-state index in [0.717, 1.165) is 0 Å². The van der Waals surface area contributed by atoms with E-state index < -0.39 is 5.91 Å². The van der Waals surface area contributed by atoms with Gasteiger partial charge in [-0.15, -0.1) is 0 Å². The van der Waals surface area contributed by atoms with E-state index in [1.807, 2.05) is 6.07 Å². The van der Waals surface area contributed by atoms with Crippen LogP contribution in [0, 0.1) is 5.82 Å². The quantitative estimate of drug-likeness (QED) is 0.293. The third-order valence-corrected chi connectivity index (χ3v) is 4.93. The van der Waals surface area contributed by atoms with Crippen molar-refractivity contribution in [2.45, 2.75) is 13.0 Å². The minimum atomic E-state index is -0.717. The van der Waals surface area contributed by atoms with Crippen LogP contribution >= 0.6 is 0 Å². The number of nitrogens with two attached hydrogens (primary N) is 1. The number of nitrogens with one attached hydrogen (secondary N) is 3. The molecule has 0 saturated heterocycles. The number of carbonyl (C=O) groups excluding carboxylic acids is 2. The number of carbonyl (C=O) groups is 2. The Labute approximate surface area is 200 Å². The summed E-state index contributed by atoms with van der Waals surface area (Å²) in [4.78, 5) is 36.8. The van der Waals surface area contributed by atoms with Gasteiger partial charge in [-0.25, -0.2) is 9.37 Å². The SMILES string of the molecule is NC(=O)c1cnc(Nc2cccc(NC(=O)Cc3ccccn3)c2)nc1NCc1ccccc1F. The fraction of sp³-hybridized carbons (Fsp3) is 0.0800. The molecule has 2 aromatic carbocycles. The number of rotatable bonds is 9. The monoisotopic (exact) mass is 471 g/mol. The fourth-order valence-electron chi connectivity index (χ4n) is 3.25. The average Bonchev–Trinajstić information content (AvgIpc) is 2.84. The van der Waals surface area contributed by atoms with Crippen LogP contribution in [0.25, 0.3) is 0 Å². The van der Waals surface area contributed by atoms with E-state index in [1.165, 1.54) is 12.3 Å². The van der Waals surface area contributed by atoms with Crippen molar-refractivity contribution < 1.29 is 14.0 Å². The zero-order valence-electron chi connectivity index (χ0n) is 18.5. The number of primary amides is 1. The molecule has 0 aliphatic carbocycles. The van der Waals surface area contributed by atoms with Gasteiger partial charge in [0.15, 0.2) is 0 Å². The topological polar surface area (TPSA) is 135 Å². The first-order valence-electron chi connectivity index (χ1n) is 10.7. The van der Waals surface area contributed by atoms with Crippen molar-refractivity contribution in [2.75, 3.05) is 16.0 Å². The number of pyridine rings is 1. The molecular formula is C25H22FN7O2. The van der Waals surface area contributed by atoms with Crippen molar-refractivity contribution in [3.63, 3.8) is 0 Å². The first kappa shape index (κ1) is 23.3. The molecule has 0 spiro atoms. The third-order valence-electron chi connectivity index (χ3n) is 4.93. The molecule has 0 saturated carbocycles. The summed E-state index contributed by atoms with van der Waals surface area (Å²) in [6.07, 6.45) is 3.07. The van der Waals surface area contributed by atoms with Crippen LogP contribution in [-0.2, 0) is 17.8 Å². The Bertz CT molecular complexity index is 1350. The molecule has 0 unspecified atom stereocenters. The molecule has 35 heavy (non-hydrogen) atoms. The lowest BCUT2D eigenvalue weighted by atomic mass is 10.2. The smallest absolute Gasteiger partial charge is 0.254 e. The van der Waals surface area contributed by atoms with Gasteiger partial charge in [-0.2, -0.15) is 4.98 Å². The van der Waals surface area contributed by atoms with Crippen LogP contribution in [0.1, 0.15) is 21.6 Å². The summed E-state index contributed by atoms with van der Waals surface area (Å²) >= 11 is 0. The van der Waals surface area contributed by atoms with E-state index in [0.29, 0.717) is 22.6 Å². The lowest BCUT2D eigenvalue weighted by molar-refractivity contribution is -0.115. The molecule has 5 N–H and O–H groups in total. The maximum absolute atomic E-state index is 14.0. The molecule has 0 radical (unpaired) electrons. The summed E-state index contributed by atoms with van der Waals surface area (Å²) in [5.41, 5.74) is 7.76. The molecule has 4 aromatic rings. The van der Waals surface area contributed by atoms with Crippen molar-refractivity contribution in [1.29, 1.82) is 0 Å². The van der Waals surface area contributed by atoms with E-state index in [4.69, 9.17) is 5.73 Å². The molecular weight excluding hydrogens is 449 g/mol. The molecule has 0 aliphatic heterocycles. The molecule has 2 aromatic heterocycles. The van der Waals surface area contributed by atoms with Crippen molar-refractivity contribution in [3.8, 4) is 0 Å². The van der Waals surface area contributed by atoms with Crippen molar-refractivity contribution in [1.82, 2.24) is 15.0 Å². The van der Waals surface area contributed by atoms with Crippen LogP contribution in [0.5, 0.6) is 0 Å². The van der Waals surface area contributed by atoms with Crippen molar-refractivity contribution >= 4 is 35.0 Å². The fourth-order valence-corrected chi connectivity index (χ4v) is 3.25. The molecule has 0 atom stereocenters. The van der Waals surface area contributed by atoms with E-state index >= 15 is 0 Å². The number of halogens is 1. The predicted molar refractivity (Wildman–Crippen MR) is 131 cm³/mol. The molecule has 10 heteroatoms. The predicted octanol–water partition coefficient (Wildman–Crippen LogP) is 3.65. The van der Waals surface area contributed by atoms with E-state index in [1.54, 1.807) is 60.8 Å². The number of aromatic nitrogens is 3. The lowest BCUT2D eigenvalue weighted by Crippen LogP contribution is -2.17. The summed E-state index contributed by atoms with van der Waals surface area (Å²) in [5.74, 6) is -0.955. The minimum absolute atomic E-state index is 0.0717. The van der Waals surface area contributed by atoms with Crippen LogP contribution in [-0.4, -0.2) is 26.8 Å². The number of amides is 2. The Morgan fingerprint density at radius 3 is 2.51 bits per heavy atom. The molecule has 4 rings (SSSR count). The molecule has 0 fully saturated rings. The number of nitrogens with zero attached hydrogens (tertiary/aromatic N) is 3. The molecule has 2 heterocycles. The molecule has 176 valence electrons. The van der Waals surface area contributed by atoms with E-state index in [9.17, 15) is 14.0 Å². The second-order valence-corrected chi connectivity index (χ2v) is 7.52. The maximum Gasteiger partial charge on any atom is 0.254 e. The number of benzene rings is 2. The van der Waals surface area contributed by atoms with E-state index in [-0.39, 0.29) is 42.0 Å². The van der Waals surface area contributed by atoms with Gasteiger partial charge in [0.25, 0.3) is 5.91 Å². The average molecular weight is 471 g/mol. The Hall–Kier alpha value is -4.86. The van der Waals surface area contributed by atoms with Crippen LogP contribution in [0.3, 0.4) is 0 Å². The molecule has 0 aliphatic rings. The zero-order valence-corrected chi connectivity index (χ0v) is 18.5. The Kier molecular flexibility index (Phi) is 7.22. The number of hydrogen-bond acceptors (Lipinski definition) is 7. The highest BCUT2D eigenvalue weighted by molar-refractivity contribution is 5.97. The van der Waals surface area contributed by atoms with Gasteiger partial charge in [-0.1, -0.05) is 30.3 Å². The number of anilines is 4. The second kappa shape index (κ2) is 10.8. The van der Waals surface area contributed by atoms with Gasteiger partial charge in [0.2, 0.25) is 11.9 Å². The van der Waals surface area contributed by atoms with Gasteiger partial charge in [0.1, 0.15) is 11.6 Å². The van der Waals surface area contributed by atoms with Gasteiger partial charge in [-0.05, 0) is 36.4 Å². The Balaban J connectivity index is 1.46. The molecule has 0 bridgehead atoms. The highest BCUT2D eigenvalue weighted by Gasteiger charge is 2.13. The molecule has 9 nitrogen and oxygen atoms in total. The first-order chi connectivity index (χ1) is 17.0. The zero-order chi connectivity index (χ0) is 24.6. The van der Waals surface area contributed by atoms with Crippen molar-refractivity contribution in [3.05, 3.63) is 102 Å². The number of hydrogen-bond donors (Lipinski definition) is 4. The summed E-state index contributed by atoms with van der Waals surface area (Å²) in [6, 6.07) is 18.7. The first-order valence-corrected chi connectivity index (χ1v) is 10.7. The van der Waals surface area contributed by atoms with Gasteiger partial charge in [-0.3, -0.25) is 14.6 Å². The Morgan fingerprint density at radius 1 is 0.943 bits per heavy atom. The van der Waals surface area contributed by atoms with Gasteiger partial charge < -0.3 is 21.7 Å². The van der Waals surface area contributed by atoms with Gasteiger partial charge >= 0.3 is 0 Å². The van der Waals surface area contributed by atoms with Crippen LogP contribution in [0.2, 0.25) is 0 Å². The summed E-state index contributed by atoms with van der Waals surface area (Å²) in [6.45, 7) is 0.0984. The summed E-state index contributed by atoms with van der Waals surface area (Å²) in [7, 11) is 0. The van der Waals surface area contributed by atoms with E-state index in [2.05, 4.69) is 30.9 Å². The van der Waals surface area contributed by atoms with Crippen LogP contribution in [0.4, 0.5) is 27.5 Å². The highest BCUT2D eigenvalue weighted by atomic mass is 19.1. The Morgan fingerprint density at radius 2 is 1.74 bits per heavy atom. The summed E-state index contributed by atoms with van der Waals surface area (Å²) in [5, 5.41) is 8.80. The van der Waals surface area contributed by atoms with Crippen molar-refractivity contribution in [2.24, 2.45) is 5.73 Å². The third kappa shape index (κ3) is 6.35. The van der Waals surface area contributed by atoms with Crippen LogP contribution < -0.4 is 21.7 Å². The standard InChI is InChI=1S/C25H22FN7O2/c26-21-10-2-1-6-16(21)14-29-24-20(23(27)35)15-30-25(33-24)32-19-9-5-8-18(12-19)31-22(34)13-17-7-3-4-11-28-17/h1-12,15H,13-14H2,(H2,27,35)(H,31,34)(H2,29,30,32,33). The second-order valence-electron chi connectivity index (χ2n) is 7.52. The largest absolute Gasteiger partial charge is 0.365 e. The highest BCUT2D eigenvalue weighted by Crippen LogP contribution is 2.21. The van der Waals surface area contributed by atoms with Crippen LogP contribution in [0.15, 0.2) is 79.1 Å². The van der Waals surface area contributed by atoms with Gasteiger partial charge in [0.05, 0.1) is 12.0 Å². The normalized spacial score (nSPS) is 10.4.